The van der Waals surface area contributed by atoms with Crippen LogP contribution in [0.15, 0.2) is 59.6 Å². The number of carbonyl (C=O) groups is 1. The number of ether oxygens (including phenoxy) is 1. The number of benzene rings is 1. The summed E-state index contributed by atoms with van der Waals surface area (Å²) in [5, 5.41) is 11.3. The first-order valence-electron chi connectivity index (χ1n) is 9.09. The number of hydrogen-bond acceptors (Lipinski definition) is 7. The smallest absolute Gasteiger partial charge is 0.251 e. The number of rotatable bonds is 8. The van der Waals surface area contributed by atoms with Gasteiger partial charge in [0.2, 0.25) is 0 Å². The molecule has 0 unspecified atom stereocenters. The number of nitrogens with zero attached hydrogens (tertiary/aromatic N) is 4. The number of methoxy groups -OCH3 is 1. The van der Waals surface area contributed by atoms with Gasteiger partial charge in [-0.25, -0.2) is 14.6 Å². The fourth-order valence-electron chi connectivity index (χ4n) is 2.90. The normalized spacial score (nSPS) is 10.8. The van der Waals surface area contributed by atoms with Gasteiger partial charge in [-0.05, 0) is 36.4 Å². The Bertz CT molecular complexity index is 1090. The predicted molar refractivity (Wildman–Crippen MR) is 107 cm³/mol. The summed E-state index contributed by atoms with van der Waals surface area (Å²) in [6, 6.07) is 10.7. The Balaban J connectivity index is 1.38. The largest absolute Gasteiger partial charge is 0.497 e. The summed E-state index contributed by atoms with van der Waals surface area (Å²) in [5.74, 6) is 2.05. The van der Waals surface area contributed by atoms with Crippen LogP contribution in [0.5, 0.6) is 5.75 Å². The number of amides is 1. The molecule has 0 saturated heterocycles. The summed E-state index contributed by atoms with van der Waals surface area (Å²) in [4.78, 5) is 20.9. The van der Waals surface area contributed by atoms with Crippen molar-refractivity contribution in [3.8, 4) is 5.75 Å². The summed E-state index contributed by atoms with van der Waals surface area (Å²) in [6.45, 7) is 1.42. The zero-order valence-electron chi connectivity index (χ0n) is 15.8. The van der Waals surface area contributed by atoms with Crippen molar-refractivity contribution in [1.29, 1.82) is 0 Å². The highest BCUT2D eigenvalue weighted by atomic mass is 16.5. The van der Waals surface area contributed by atoms with Crippen molar-refractivity contribution in [2.24, 2.45) is 0 Å². The fourth-order valence-corrected chi connectivity index (χ4v) is 2.90. The Kier molecular flexibility index (Phi) is 5.37. The van der Waals surface area contributed by atoms with Gasteiger partial charge in [0.15, 0.2) is 5.65 Å². The van der Waals surface area contributed by atoms with E-state index in [1.807, 2.05) is 12.1 Å². The van der Waals surface area contributed by atoms with Crippen molar-refractivity contribution in [2.75, 3.05) is 19.0 Å². The minimum Gasteiger partial charge on any atom is -0.497 e. The van der Waals surface area contributed by atoms with E-state index >= 15 is 0 Å². The Hall–Kier alpha value is -3.88. The second-order valence-electron chi connectivity index (χ2n) is 6.24. The van der Waals surface area contributed by atoms with Crippen molar-refractivity contribution in [3.05, 3.63) is 66.5 Å². The lowest BCUT2D eigenvalue weighted by Crippen LogP contribution is -2.27. The van der Waals surface area contributed by atoms with Crippen LogP contribution in [-0.2, 0) is 13.1 Å². The zero-order valence-corrected chi connectivity index (χ0v) is 15.8. The fraction of sp³-hybridized carbons (Fsp3) is 0.200. The first kappa shape index (κ1) is 18.5. The summed E-state index contributed by atoms with van der Waals surface area (Å²) in [6.07, 6.45) is 4.83. The van der Waals surface area contributed by atoms with Crippen LogP contribution >= 0.6 is 0 Å². The van der Waals surface area contributed by atoms with E-state index in [0.717, 1.165) is 11.1 Å². The monoisotopic (exact) mass is 392 g/mol. The van der Waals surface area contributed by atoms with Gasteiger partial charge >= 0.3 is 0 Å². The number of hydrogen-bond donors (Lipinski definition) is 2. The zero-order chi connectivity index (χ0) is 20.1. The molecule has 0 radical (unpaired) electrons. The van der Waals surface area contributed by atoms with Crippen LogP contribution in [0.1, 0.15) is 16.1 Å². The number of anilines is 1. The predicted octanol–water partition coefficient (Wildman–Crippen LogP) is 2.47. The van der Waals surface area contributed by atoms with E-state index in [0.29, 0.717) is 42.4 Å². The number of carbonyl (C=O) groups excluding carboxylic acids is 1. The Morgan fingerprint density at radius 2 is 2.07 bits per heavy atom. The maximum atomic E-state index is 12.3. The van der Waals surface area contributed by atoms with Crippen molar-refractivity contribution in [1.82, 2.24) is 25.1 Å². The van der Waals surface area contributed by atoms with Crippen LogP contribution < -0.4 is 15.4 Å². The first-order chi connectivity index (χ1) is 14.2. The van der Waals surface area contributed by atoms with E-state index in [-0.39, 0.29) is 5.91 Å². The Morgan fingerprint density at radius 1 is 1.21 bits per heavy atom. The lowest BCUT2D eigenvalue weighted by molar-refractivity contribution is 0.0952. The molecule has 0 saturated carbocycles. The van der Waals surface area contributed by atoms with E-state index < -0.39 is 0 Å². The maximum absolute atomic E-state index is 12.3. The molecule has 0 aliphatic carbocycles. The second-order valence-corrected chi connectivity index (χ2v) is 6.24. The van der Waals surface area contributed by atoms with Gasteiger partial charge in [0.05, 0.1) is 38.0 Å². The van der Waals surface area contributed by atoms with Gasteiger partial charge in [-0.2, -0.15) is 5.10 Å². The van der Waals surface area contributed by atoms with Crippen LogP contribution in [-0.4, -0.2) is 39.3 Å². The first-order valence-corrected chi connectivity index (χ1v) is 9.09. The highest BCUT2D eigenvalue weighted by molar-refractivity contribution is 5.94. The molecular weight excluding hydrogens is 372 g/mol. The van der Waals surface area contributed by atoms with Crippen molar-refractivity contribution < 1.29 is 13.9 Å². The molecule has 0 spiro atoms. The standard InChI is InChI=1S/C20H20N6O3/c1-28-15-6-4-14(5-7-15)20(27)21-8-9-26-19-17(12-25-26)18(23-13-24-19)22-11-16-3-2-10-29-16/h2-7,10,12-13H,8-9,11H2,1H3,(H,21,27)(H,22,23,24). The van der Waals surface area contributed by atoms with Crippen LogP contribution in [0.4, 0.5) is 5.82 Å². The van der Waals surface area contributed by atoms with Gasteiger partial charge in [0, 0.05) is 12.1 Å². The minimum atomic E-state index is -0.153. The van der Waals surface area contributed by atoms with Crippen LogP contribution in [0.25, 0.3) is 11.0 Å². The third-order valence-electron chi connectivity index (χ3n) is 4.41. The lowest BCUT2D eigenvalue weighted by Gasteiger charge is -2.08. The topological polar surface area (TPSA) is 107 Å². The van der Waals surface area contributed by atoms with E-state index in [2.05, 4.69) is 25.7 Å². The molecule has 9 nitrogen and oxygen atoms in total. The van der Waals surface area contributed by atoms with Gasteiger partial charge in [-0.1, -0.05) is 0 Å². The number of nitrogens with one attached hydrogen (secondary N) is 2. The third kappa shape index (κ3) is 4.18. The highest BCUT2D eigenvalue weighted by Crippen LogP contribution is 2.19. The van der Waals surface area contributed by atoms with E-state index in [1.165, 1.54) is 6.33 Å². The van der Waals surface area contributed by atoms with Gasteiger partial charge in [-0.15, -0.1) is 0 Å². The van der Waals surface area contributed by atoms with E-state index in [4.69, 9.17) is 9.15 Å². The van der Waals surface area contributed by atoms with Crippen molar-refractivity contribution >= 4 is 22.8 Å². The molecule has 4 aromatic rings. The Labute approximate surface area is 166 Å². The summed E-state index contributed by atoms with van der Waals surface area (Å²) < 4.78 is 12.2. The van der Waals surface area contributed by atoms with Gasteiger partial charge < -0.3 is 19.8 Å². The van der Waals surface area contributed by atoms with E-state index in [9.17, 15) is 4.79 Å². The third-order valence-corrected chi connectivity index (χ3v) is 4.41. The molecule has 29 heavy (non-hydrogen) atoms. The molecule has 9 heteroatoms. The molecular formula is C20H20N6O3. The van der Waals surface area contributed by atoms with Crippen molar-refractivity contribution in [2.45, 2.75) is 13.1 Å². The molecule has 4 rings (SSSR count). The molecule has 0 bridgehead atoms. The molecule has 0 fully saturated rings. The van der Waals surface area contributed by atoms with Crippen LogP contribution in [0.2, 0.25) is 0 Å². The maximum Gasteiger partial charge on any atom is 0.251 e. The summed E-state index contributed by atoms with van der Waals surface area (Å²) in [5.41, 5.74) is 1.27. The molecule has 2 N–H and O–H groups in total. The molecule has 0 aliphatic rings. The SMILES string of the molecule is COc1ccc(C(=O)NCCn2ncc3c(NCc4ccco4)ncnc32)cc1. The molecule has 0 aliphatic heterocycles. The lowest BCUT2D eigenvalue weighted by atomic mass is 10.2. The van der Waals surface area contributed by atoms with E-state index in [1.54, 1.807) is 48.5 Å². The van der Waals surface area contributed by atoms with Crippen molar-refractivity contribution in [3.63, 3.8) is 0 Å². The highest BCUT2D eigenvalue weighted by Gasteiger charge is 2.11. The number of aromatic nitrogens is 4. The Morgan fingerprint density at radius 3 is 2.83 bits per heavy atom. The quantitative estimate of drug-likeness (QED) is 0.474. The average Bonchev–Trinajstić information content (AvgIpc) is 3.42. The van der Waals surface area contributed by atoms with Gasteiger partial charge in [-0.3, -0.25) is 4.79 Å². The summed E-state index contributed by atoms with van der Waals surface area (Å²) in [7, 11) is 1.59. The molecule has 148 valence electrons. The number of furan rings is 1. The second kappa shape index (κ2) is 8.42. The average molecular weight is 392 g/mol. The molecule has 0 atom stereocenters. The van der Waals surface area contributed by atoms with Gasteiger partial charge in [0.25, 0.3) is 5.91 Å². The van der Waals surface area contributed by atoms with Gasteiger partial charge in [0.1, 0.15) is 23.7 Å². The molecule has 1 aromatic carbocycles. The number of fused-ring (bicyclic) bond motifs is 1. The molecule has 3 aromatic heterocycles. The van der Waals surface area contributed by atoms with Crippen LogP contribution in [0.3, 0.4) is 0 Å². The van der Waals surface area contributed by atoms with Crippen LogP contribution in [0, 0.1) is 0 Å². The minimum absolute atomic E-state index is 0.153. The summed E-state index contributed by atoms with van der Waals surface area (Å²) >= 11 is 0. The molecule has 1 amide bonds. The molecule has 3 heterocycles.